The lowest BCUT2D eigenvalue weighted by Gasteiger charge is -2.19. The van der Waals surface area contributed by atoms with Crippen molar-refractivity contribution in [3.8, 4) is 11.5 Å². The van der Waals surface area contributed by atoms with Crippen LogP contribution in [0, 0.1) is 0 Å². The van der Waals surface area contributed by atoms with Crippen LogP contribution in [0.5, 0.6) is 11.5 Å². The molecule has 3 aromatic carbocycles. The van der Waals surface area contributed by atoms with Gasteiger partial charge in [-0.25, -0.2) is 9.78 Å². The van der Waals surface area contributed by atoms with E-state index in [1.807, 2.05) is 73.7 Å². The molecule has 1 atom stereocenters. The Bertz CT molecular complexity index is 1400. The van der Waals surface area contributed by atoms with Crippen molar-refractivity contribution in [3.63, 3.8) is 0 Å². The summed E-state index contributed by atoms with van der Waals surface area (Å²) in [5, 5.41) is 11.2. The largest absolute Gasteiger partial charge is 0.497 e. The van der Waals surface area contributed by atoms with Gasteiger partial charge in [0.1, 0.15) is 29.8 Å². The van der Waals surface area contributed by atoms with Crippen LogP contribution < -0.4 is 9.47 Å². The molecular formula is C29H26ClNO5. The zero-order valence-electron chi connectivity index (χ0n) is 20.0. The highest BCUT2D eigenvalue weighted by Crippen LogP contribution is 2.28. The van der Waals surface area contributed by atoms with E-state index in [0.717, 1.165) is 27.7 Å². The summed E-state index contributed by atoms with van der Waals surface area (Å²) in [5.74, 6) is -0.331. The molecular weight excluding hydrogens is 478 g/mol. The number of carboxylic acids is 1. The summed E-state index contributed by atoms with van der Waals surface area (Å²) in [4.78, 5) is 16.3. The molecule has 7 heteroatoms. The summed E-state index contributed by atoms with van der Waals surface area (Å²) in [6.07, 6.45) is 3.54. The van der Waals surface area contributed by atoms with Crippen LogP contribution >= 0.6 is 11.6 Å². The molecule has 0 aliphatic rings. The molecule has 0 aliphatic heterocycles. The molecule has 1 heterocycles. The minimum absolute atomic E-state index is 0.0619. The molecule has 0 amide bonds. The summed E-state index contributed by atoms with van der Waals surface area (Å²) < 4.78 is 17.1. The fourth-order valence-electron chi connectivity index (χ4n) is 3.78. The normalized spacial score (nSPS) is 12.1. The third-order valence-corrected chi connectivity index (χ3v) is 5.82. The van der Waals surface area contributed by atoms with Gasteiger partial charge in [-0.05, 0) is 60.5 Å². The van der Waals surface area contributed by atoms with Crippen LogP contribution in [0.3, 0.4) is 0 Å². The molecule has 0 aliphatic carbocycles. The van der Waals surface area contributed by atoms with Crippen LogP contribution in [0.1, 0.15) is 40.2 Å². The molecule has 4 rings (SSSR count). The average molecular weight is 504 g/mol. The van der Waals surface area contributed by atoms with Gasteiger partial charge in [0.15, 0.2) is 0 Å². The summed E-state index contributed by atoms with van der Waals surface area (Å²) in [6, 6.07) is 22.2. The molecule has 1 N–H and O–H groups in total. The molecule has 1 aromatic heterocycles. The van der Waals surface area contributed by atoms with Gasteiger partial charge < -0.3 is 19.3 Å². The minimum Gasteiger partial charge on any atom is -0.497 e. The maximum Gasteiger partial charge on any atom is 0.339 e. The van der Waals surface area contributed by atoms with E-state index in [0.29, 0.717) is 17.4 Å². The predicted octanol–water partition coefficient (Wildman–Crippen LogP) is 6.92. The molecule has 0 radical (unpaired) electrons. The quantitative estimate of drug-likeness (QED) is 0.253. The number of fused-ring (bicyclic) bond motifs is 1. The van der Waals surface area contributed by atoms with Gasteiger partial charge in [0, 0.05) is 23.1 Å². The summed E-state index contributed by atoms with van der Waals surface area (Å²) in [5.41, 5.74) is 3.60. The van der Waals surface area contributed by atoms with E-state index < -0.39 is 12.1 Å². The Kier molecular flexibility index (Phi) is 8.21. The predicted molar refractivity (Wildman–Crippen MR) is 142 cm³/mol. The fourth-order valence-corrected chi connectivity index (χ4v) is 3.94. The van der Waals surface area contributed by atoms with E-state index in [1.165, 1.54) is 13.2 Å². The molecule has 6 nitrogen and oxygen atoms in total. The van der Waals surface area contributed by atoms with Gasteiger partial charge in [-0.3, -0.25) is 0 Å². The number of aromatic nitrogens is 1. The second-order valence-electron chi connectivity index (χ2n) is 8.00. The summed E-state index contributed by atoms with van der Waals surface area (Å²) in [6.45, 7) is 2.52. The van der Waals surface area contributed by atoms with Crippen LogP contribution in [0.4, 0.5) is 0 Å². The summed E-state index contributed by atoms with van der Waals surface area (Å²) in [7, 11) is 1.52. The van der Waals surface area contributed by atoms with E-state index in [4.69, 9.17) is 25.8 Å². The van der Waals surface area contributed by atoms with Crippen molar-refractivity contribution in [2.45, 2.75) is 13.0 Å². The van der Waals surface area contributed by atoms with Crippen LogP contribution in [-0.2, 0) is 4.74 Å². The number of hydrogen-bond acceptors (Lipinski definition) is 5. The van der Waals surface area contributed by atoms with Gasteiger partial charge in [-0.15, -0.1) is 0 Å². The Morgan fingerprint density at radius 1 is 1.06 bits per heavy atom. The number of halogens is 1. The summed E-state index contributed by atoms with van der Waals surface area (Å²) >= 11 is 6.11. The number of carboxylic acid groups (broad SMARTS) is 1. The molecule has 0 saturated carbocycles. The molecule has 0 bridgehead atoms. The van der Waals surface area contributed by atoms with Crippen molar-refractivity contribution in [3.05, 3.63) is 100 Å². The van der Waals surface area contributed by atoms with Crippen LogP contribution in [-0.4, -0.2) is 36.4 Å². The number of benzene rings is 3. The van der Waals surface area contributed by atoms with Crippen molar-refractivity contribution in [2.24, 2.45) is 0 Å². The molecule has 1 unspecified atom stereocenters. The van der Waals surface area contributed by atoms with Crippen molar-refractivity contribution in [1.29, 1.82) is 0 Å². The van der Waals surface area contributed by atoms with Crippen molar-refractivity contribution in [2.75, 3.05) is 20.3 Å². The lowest BCUT2D eigenvalue weighted by atomic mass is 10.1. The highest BCUT2D eigenvalue weighted by Gasteiger charge is 2.17. The number of aromatic carboxylic acids is 1. The first-order valence-electron chi connectivity index (χ1n) is 11.5. The number of rotatable bonds is 10. The standard InChI is InChI=1S/C29H26ClNO5/c1-3-35-28(18-36-27-17-24(34-2)13-14-25(27)29(32)33)21-6-4-5-19(15-21)7-11-23-12-9-20-8-10-22(30)16-26(20)31-23/h4-17,28H,3,18H2,1-2H3,(H,32,33)/b11-7+. The zero-order valence-corrected chi connectivity index (χ0v) is 20.7. The maximum absolute atomic E-state index is 11.6. The number of carbonyl (C=O) groups is 1. The Labute approximate surface area is 214 Å². The second kappa shape index (κ2) is 11.7. The van der Waals surface area contributed by atoms with Crippen LogP contribution in [0.15, 0.2) is 72.8 Å². The van der Waals surface area contributed by atoms with Crippen molar-refractivity contribution >= 4 is 40.6 Å². The number of methoxy groups -OCH3 is 1. The number of hydrogen-bond donors (Lipinski definition) is 1. The van der Waals surface area contributed by atoms with Gasteiger partial charge >= 0.3 is 5.97 Å². The SMILES string of the molecule is CCOC(COc1cc(OC)ccc1C(=O)O)c1cccc(/C=C/c2ccc3ccc(Cl)cc3n2)c1. The van der Waals surface area contributed by atoms with Gasteiger partial charge in [-0.2, -0.15) is 0 Å². The Morgan fingerprint density at radius 2 is 1.89 bits per heavy atom. The van der Waals surface area contributed by atoms with E-state index in [-0.39, 0.29) is 17.9 Å². The first kappa shape index (κ1) is 25.2. The highest BCUT2D eigenvalue weighted by molar-refractivity contribution is 6.31. The monoisotopic (exact) mass is 503 g/mol. The van der Waals surface area contributed by atoms with E-state index in [2.05, 4.69) is 4.98 Å². The molecule has 0 spiro atoms. The molecule has 4 aromatic rings. The first-order chi connectivity index (χ1) is 17.5. The van der Waals surface area contributed by atoms with Crippen molar-refractivity contribution in [1.82, 2.24) is 4.98 Å². The van der Waals surface area contributed by atoms with Crippen molar-refractivity contribution < 1.29 is 24.1 Å². The number of nitrogens with zero attached hydrogens (tertiary/aromatic N) is 1. The lowest BCUT2D eigenvalue weighted by Crippen LogP contribution is -2.15. The molecule has 36 heavy (non-hydrogen) atoms. The second-order valence-corrected chi connectivity index (χ2v) is 8.44. The third kappa shape index (κ3) is 6.22. The van der Waals surface area contributed by atoms with Crippen LogP contribution in [0.2, 0.25) is 5.02 Å². The molecule has 0 saturated heterocycles. The number of pyridine rings is 1. The highest BCUT2D eigenvalue weighted by atomic mass is 35.5. The first-order valence-corrected chi connectivity index (χ1v) is 11.8. The molecule has 0 fully saturated rings. The molecule has 184 valence electrons. The van der Waals surface area contributed by atoms with Gasteiger partial charge in [-0.1, -0.05) is 48.0 Å². The Morgan fingerprint density at radius 3 is 2.67 bits per heavy atom. The minimum atomic E-state index is -1.07. The fraction of sp³-hybridized carbons (Fsp3) is 0.172. The van der Waals surface area contributed by atoms with E-state index in [1.54, 1.807) is 12.1 Å². The maximum atomic E-state index is 11.6. The Hall–Kier alpha value is -3.87. The zero-order chi connectivity index (χ0) is 25.5. The van der Waals surface area contributed by atoms with E-state index >= 15 is 0 Å². The van der Waals surface area contributed by atoms with E-state index in [9.17, 15) is 9.90 Å². The topological polar surface area (TPSA) is 77.9 Å². The average Bonchev–Trinajstić information content (AvgIpc) is 2.89. The Balaban J connectivity index is 1.53. The van der Waals surface area contributed by atoms with Crippen LogP contribution in [0.25, 0.3) is 23.1 Å². The third-order valence-electron chi connectivity index (χ3n) is 5.58. The van der Waals surface area contributed by atoms with Gasteiger partial charge in [0.05, 0.1) is 18.3 Å². The lowest BCUT2D eigenvalue weighted by molar-refractivity contribution is 0.0259. The van der Waals surface area contributed by atoms with Gasteiger partial charge in [0.2, 0.25) is 0 Å². The van der Waals surface area contributed by atoms with Gasteiger partial charge in [0.25, 0.3) is 0 Å². The number of ether oxygens (including phenoxy) is 3. The smallest absolute Gasteiger partial charge is 0.339 e.